The normalized spacial score (nSPS) is 23.5. The van der Waals surface area contributed by atoms with E-state index in [2.05, 4.69) is 10.3 Å². The predicted molar refractivity (Wildman–Crippen MR) is 134 cm³/mol. The molecule has 2 aliphatic carbocycles. The van der Waals surface area contributed by atoms with Crippen molar-refractivity contribution in [2.75, 3.05) is 19.0 Å². The number of anilines is 1. The van der Waals surface area contributed by atoms with E-state index in [0.29, 0.717) is 54.2 Å². The Morgan fingerprint density at radius 1 is 1.22 bits per heavy atom. The van der Waals surface area contributed by atoms with E-state index in [-0.39, 0.29) is 35.4 Å². The average Bonchev–Trinajstić information content (AvgIpc) is 3.13. The highest BCUT2D eigenvalue weighted by atomic mass is 19.1. The van der Waals surface area contributed by atoms with Crippen molar-refractivity contribution >= 4 is 23.5 Å². The number of amides is 2. The summed E-state index contributed by atoms with van der Waals surface area (Å²) in [5, 5.41) is 11.9. The molecule has 5 rings (SSSR count). The summed E-state index contributed by atoms with van der Waals surface area (Å²) in [5.41, 5.74) is 3.00. The van der Waals surface area contributed by atoms with Crippen LogP contribution in [-0.2, 0) is 32.6 Å². The van der Waals surface area contributed by atoms with Gasteiger partial charge in [-0.1, -0.05) is 13.8 Å². The summed E-state index contributed by atoms with van der Waals surface area (Å²) in [6.07, 6.45) is 3.08. The number of nitrogens with zero attached hydrogens (tertiary/aromatic N) is 2. The fraction of sp³-hybridized carbons (Fsp3) is 0.500. The van der Waals surface area contributed by atoms with Crippen LogP contribution in [0.1, 0.15) is 68.0 Å². The molecule has 2 amide bonds. The molecule has 196 valence electrons. The smallest absolute Gasteiger partial charge is 0.303 e. The topological polar surface area (TPSA) is 109 Å². The molecule has 1 saturated carbocycles. The van der Waals surface area contributed by atoms with Crippen LogP contribution in [0.4, 0.5) is 10.1 Å². The van der Waals surface area contributed by atoms with Gasteiger partial charge in [0.25, 0.3) is 5.91 Å². The number of aryl methyl sites for hydroxylation is 1. The fourth-order valence-electron chi connectivity index (χ4n) is 6.16. The van der Waals surface area contributed by atoms with Gasteiger partial charge >= 0.3 is 5.97 Å². The molecule has 0 radical (unpaired) electrons. The quantitative estimate of drug-likeness (QED) is 0.609. The first-order chi connectivity index (χ1) is 17.6. The molecule has 1 aliphatic heterocycles. The number of pyridine rings is 1. The lowest BCUT2D eigenvalue weighted by atomic mass is 9.72. The van der Waals surface area contributed by atoms with Gasteiger partial charge in [0.05, 0.1) is 12.8 Å². The number of carboxylic acid groups (broad SMARTS) is 1. The minimum atomic E-state index is -0.930. The second-order valence-electron chi connectivity index (χ2n) is 11.1. The van der Waals surface area contributed by atoms with Gasteiger partial charge in [-0.3, -0.25) is 14.4 Å². The second-order valence-corrected chi connectivity index (χ2v) is 11.1. The van der Waals surface area contributed by atoms with Gasteiger partial charge in [-0.25, -0.2) is 9.37 Å². The first-order valence-electron chi connectivity index (χ1n) is 12.8. The molecule has 37 heavy (non-hydrogen) atoms. The zero-order chi connectivity index (χ0) is 26.5. The van der Waals surface area contributed by atoms with Crippen LogP contribution in [0.25, 0.3) is 0 Å². The number of carbonyl (C=O) groups is 3. The van der Waals surface area contributed by atoms with Crippen LogP contribution in [0.15, 0.2) is 24.3 Å². The van der Waals surface area contributed by atoms with Crippen molar-refractivity contribution in [1.82, 2.24) is 9.88 Å². The van der Waals surface area contributed by atoms with Crippen LogP contribution >= 0.6 is 0 Å². The van der Waals surface area contributed by atoms with Crippen LogP contribution in [0.5, 0.6) is 5.88 Å². The second kappa shape index (κ2) is 9.43. The van der Waals surface area contributed by atoms with Gasteiger partial charge in [-0.2, -0.15) is 0 Å². The molecule has 2 heterocycles. The van der Waals surface area contributed by atoms with Crippen molar-refractivity contribution in [3.63, 3.8) is 0 Å². The van der Waals surface area contributed by atoms with E-state index in [1.165, 1.54) is 13.2 Å². The van der Waals surface area contributed by atoms with Crippen LogP contribution in [-0.4, -0.2) is 46.4 Å². The van der Waals surface area contributed by atoms with Gasteiger partial charge in [0.2, 0.25) is 11.8 Å². The van der Waals surface area contributed by atoms with Gasteiger partial charge in [-0.15, -0.1) is 0 Å². The summed E-state index contributed by atoms with van der Waals surface area (Å²) < 4.78 is 20.3. The molecule has 9 heteroatoms. The SMILES string of the molecule is COc1ccc2c(n1)CCN(C(=O)[C@H]1C[C@H](CC(=O)O)C1)C2C(=O)Nc1cc(F)c2c(c1)CCC2(C)C. The van der Waals surface area contributed by atoms with Crippen LogP contribution in [0.2, 0.25) is 0 Å². The molecule has 2 N–H and O–H groups in total. The van der Waals surface area contributed by atoms with Crippen LogP contribution in [0, 0.1) is 17.7 Å². The lowest BCUT2D eigenvalue weighted by molar-refractivity contribution is -0.149. The summed E-state index contributed by atoms with van der Waals surface area (Å²) in [7, 11) is 1.52. The Balaban J connectivity index is 1.42. The lowest BCUT2D eigenvalue weighted by Crippen LogP contribution is -2.50. The number of halogens is 1. The predicted octanol–water partition coefficient (Wildman–Crippen LogP) is 4.02. The van der Waals surface area contributed by atoms with Crippen molar-refractivity contribution in [2.24, 2.45) is 11.8 Å². The summed E-state index contributed by atoms with van der Waals surface area (Å²) in [4.78, 5) is 44.3. The van der Waals surface area contributed by atoms with Gasteiger partial charge in [0.15, 0.2) is 0 Å². The molecule has 1 fully saturated rings. The molecule has 0 bridgehead atoms. The van der Waals surface area contributed by atoms with Crippen molar-refractivity contribution < 1.29 is 28.6 Å². The van der Waals surface area contributed by atoms with E-state index in [4.69, 9.17) is 9.84 Å². The Morgan fingerprint density at radius 3 is 2.68 bits per heavy atom. The number of nitrogens with one attached hydrogen (secondary N) is 1. The molecule has 2 aromatic rings. The molecule has 1 aromatic carbocycles. The largest absolute Gasteiger partial charge is 0.481 e. The Kier molecular flexibility index (Phi) is 6.41. The highest BCUT2D eigenvalue weighted by molar-refractivity contribution is 5.99. The van der Waals surface area contributed by atoms with Gasteiger partial charge in [0, 0.05) is 42.6 Å². The Hall–Kier alpha value is -3.49. The Labute approximate surface area is 215 Å². The number of benzene rings is 1. The Bertz CT molecular complexity index is 1270. The number of aliphatic carboxylic acids is 1. The summed E-state index contributed by atoms with van der Waals surface area (Å²) >= 11 is 0. The third kappa shape index (κ3) is 4.67. The zero-order valence-corrected chi connectivity index (χ0v) is 21.3. The molecular formula is C28H32FN3O5. The highest BCUT2D eigenvalue weighted by Gasteiger charge is 2.44. The molecule has 0 spiro atoms. The van der Waals surface area contributed by atoms with Crippen LogP contribution in [0.3, 0.4) is 0 Å². The van der Waals surface area contributed by atoms with Gasteiger partial charge in [-0.05, 0) is 66.3 Å². The van der Waals surface area contributed by atoms with E-state index in [9.17, 15) is 14.4 Å². The third-order valence-electron chi connectivity index (χ3n) is 8.10. The number of fused-ring (bicyclic) bond motifs is 2. The number of hydrogen-bond acceptors (Lipinski definition) is 5. The van der Waals surface area contributed by atoms with Crippen molar-refractivity contribution in [2.45, 2.75) is 63.8 Å². The van der Waals surface area contributed by atoms with E-state index in [1.54, 1.807) is 17.0 Å². The standard InChI is InChI=1S/C28H32FN3O5/c1-28(2)8-6-16-13-18(14-20(29)24(16)28)30-26(35)25-19-4-5-22(37-3)31-21(19)7-9-32(25)27(36)17-10-15(11-17)12-23(33)34/h4-5,13-15,17,25H,6-12H2,1-3H3,(H,30,35)(H,33,34)/t15-,17-,25?. The fourth-order valence-corrected chi connectivity index (χ4v) is 6.16. The number of ether oxygens (including phenoxy) is 1. The lowest BCUT2D eigenvalue weighted by Gasteiger charge is -2.42. The van der Waals surface area contributed by atoms with Crippen molar-refractivity contribution in [3.05, 3.63) is 52.5 Å². The molecule has 1 atom stereocenters. The highest BCUT2D eigenvalue weighted by Crippen LogP contribution is 2.43. The maximum Gasteiger partial charge on any atom is 0.303 e. The summed E-state index contributed by atoms with van der Waals surface area (Å²) in [5.74, 6) is -1.71. The third-order valence-corrected chi connectivity index (χ3v) is 8.10. The van der Waals surface area contributed by atoms with E-state index < -0.39 is 17.9 Å². The maximum absolute atomic E-state index is 15.1. The number of hydrogen-bond donors (Lipinski definition) is 2. The number of rotatable bonds is 6. The number of carbonyl (C=O) groups excluding carboxylic acids is 2. The van der Waals surface area contributed by atoms with Gasteiger partial charge in [0.1, 0.15) is 11.9 Å². The molecule has 1 unspecified atom stereocenters. The van der Waals surface area contributed by atoms with E-state index in [0.717, 1.165) is 18.4 Å². The molecule has 8 nitrogen and oxygen atoms in total. The molecular weight excluding hydrogens is 477 g/mol. The monoisotopic (exact) mass is 509 g/mol. The maximum atomic E-state index is 15.1. The zero-order valence-electron chi connectivity index (χ0n) is 21.3. The minimum Gasteiger partial charge on any atom is -0.481 e. The molecule has 1 aromatic heterocycles. The molecule has 3 aliphatic rings. The Morgan fingerprint density at radius 2 is 1.97 bits per heavy atom. The average molecular weight is 510 g/mol. The first-order valence-corrected chi connectivity index (χ1v) is 12.8. The van der Waals surface area contributed by atoms with Crippen LogP contribution < -0.4 is 10.1 Å². The van der Waals surface area contributed by atoms with Crippen molar-refractivity contribution in [1.29, 1.82) is 0 Å². The number of aromatic nitrogens is 1. The minimum absolute atomic E-state index is 0.0274. The summed E-state index contributed by atoms with van der Waals surface area (Å²) in [6, 6.07) is 5.67. The van der Waals surface area contributed by atoms with E-state index >= 15 is 4.39 Å². The number of methoxy groups -OCH3 is 1. The number of carboxylic acids is 1. The van der Waals surface area contributed by atoms with Crippen molar-refractivity contribution in [3.8, 4) is 5.88 Å². The first kappa shape index (κ1) is 25.2. The van der Waals surface area contributed by atoms with E-state index in [1.807, 2.05) is 19.9 Å². The molecule has 0 saturated heterocycles. The van der Waals surface area contributed by atoms with Gasteiger partial charge < -0.3 is 20.1 Å². The summed E-state index contributed by atoms with van der Waals surface area (Å²) in [6.45, 7) is 4.34.